The first kappa shape index (κ1) is 22.2. The van der Waals surface area contributed by atoms with Crippen LogP contribution < -0.4 is 0 Å². The highest BCUT2D eigenvalue weighted by atomic mass is 32.1. The Kier molecular flexibility index (Phi) is 8.56. The lowest BCUT2D eigenvalue weighted by Crippen LogP contribution is -2.42. The summed E-state index contributed by atoms with van der Waals surface area (Å²) in [4.78, 5) is 14.4. The van der Waals surface area contributed by atoms with Gasteiger partial charge in [-0.1, -0.05) is 66.7 Å². The topological polar surface area (TPSA) is 48.0 Å². The fraction of sp³-hybridized carbons (Fsp3) is 0.333. The largest absolute Gasteiger partial charge is 0.468 e. The lowest BCUT2D eigenvalue weighted by atomic mass is 10.1. The number of ether oxygens (including phenoxy) is 3. The summed E-state index contributed by atoms with van der Waals surface area (Å²) in [5.41, 5.74) is 2.22. The van der Waals surface area contributed by atoms with Crippen LogP contribution in [-0.4, -0.2) is 47.9 Å². The zero-order valence-corrected chi connectivity index (χ0v) is 17.8. The molecule has 1 amide bonds. The van der Waals surface area contributed by atoms with E-state index in [-0.39, 0.29) is 29.8 Å². The Morgan fingerprint density at radius 3 is 2.50 bits per heavy atom. The van der Waals surface area contributed by atoms with Crippen molar-refractivity contribution in [1.29, 1.82) is 0 Å². The molecule has 2 aromatic rings. The van der Waals surface area contributed by atoms with Gasteiger partial charge in [0, 0.05) is 0 Å². The Bertz CT molecular complexity index is 828. The van der Waals surface area contributed by atoms with Crippen molar-refractivity contribution in [2.45, 2.75) is 31.6 Å². The van der Waals surface area contributed by atoms with Crippen LogP contribution in [0.2, 0.25) is 0 Å². The van der Waals surface area contributed by atoms with Crippen LogP contribution in [0.5, 0.6) is 0 Å². The number of amides is 1. The molecule has 0 radical (unpaired) electrons. The van der Waals surface area contributed by atoms with Gasteiger partial charge in [-0.3, -0.25) is 9.69 Å². The average molecular weight is 426 g/mol. The number of thiocarbonyl (C=S) groups is 1. The van der Waals surface area contributed by atoms with Crippen molar-refractivity contribution >= 4 is 23.3 Å². The molecule has 2 atom stereocenters. The minimum absolute atomic E-state index is 0.0814. The van der Waals surface area contributed by atoms with Crippen LogP contribution in [0, 0.1) is 0 Å². The summed E-state index contributed by atoms with van der Waals surface area (Å²) in [6.07, 6.45) is 2.79. The van der Waals surface area contributed by atoms with E-state index in [1.807, 2.05) is 60.7 Å². The highest BCUT2D eigenvalue weighted by molar-refractivity contribution is 7.80. The third-order valence-corrected chi connectivity index (χ3v) is 5.15. The van der Waals surface area contributed by atoms with E-state index < -0.39 is 0 Å². The van der Waals surface area contributed by atoms with Crippen molar-refractivity contribution in [3.8, 4) is 0 Å². The van der Waals surface area contributed by atoms with Crippen LogP contribution in [0.25, 0.3) is 0 Å². The third-order valence-electron chi connectivity index (χ3n) is 4.83. The minimum Gasteiger partial charge on any atom is -0.468 e. The van der Waals surface area contributed by atoms with E-state index in [0.717, 1.165) is 11.1 Å². The zero-order chi connectivity index (χ0) is 21.2. The summed E-state index contributed by atoms with van der Waals surface area (Å²) in [7, 11) is 0. The highest BCUT2D eigenvalue weighted by Gasteiger charge is 2.35. The molecule has 1 heterocycles. The molecule has 2 aromatic carbocycles. The molecule has 30 heavy (non-hydrogen) atoms. The van der Waals surface area contributed by atoms with Gasteiger partial charge in [-0.15, -0.1) is 6.58 Å². The number of hydrogen-bond donors (Lipinski definition) is 0. The maximum atomic E-state index is 12.8. The van der Waals surface area contributed by atoms with E-state index >= 15 is 0 Å². The lowest BCUT2D eigenvalue weighted by molar-refractivity contribution is -0.136. The van der Waals surface area contributed by atoms with Gasteiger partial charge in [0.05, 0.1) is 25.4 Å². The molecule has 0 bridgehead atoms. The summed E-state index contributed by atoms with van der Waals surface area (Å²) < 4.78 is 17.1. The smallest absolute Gasteiger partial charge is 0.266 e. The third kappa shape index (κ3) is 6.49. The second-order valence-corrected chi connectivity index (χ2v) is 7.49. The molecular formula is C24H27NO4S. The number of carbonyl (C=O) groups is 1. The minimum atomic E-state index is -0.250. The SMILES string of the molecule is C=CC[C@H](COCc1ccccc1)OCC(=O)N1C(=S)OC[C@H]1Cc1ccccc1. The zero-order valence-electron chi connectivity index (χ0n) is 16.9. The van der Waals surface area contributed by atoms with Gasteiger partial charge in [0.15, 0.2) is 0 Å². The van der Waals surface area contributed by atoms with E-state index in [1.165, 1.54) is 4.90 Å². The first-order chi connectivity index (χ1) is 14.7. The first-order valence-electron chi connectivity index (χ1n) is 10.0. The van der Waals surface area contributed by atoms with Crippen LogP contribution in [0.15, 0.2) is 73.3 Å². The van der Waals surface area contributed by atoms with Gasteiger partial charge >= 0.3 is 0 Å². The van der Waals surface area contributed by atoms with E-state index in [2.05, 4.69) is 6.58 Å². The molecule has 1 fully saturated rings. The van der Waals surface area contributed by atoms with Gasteiger partial charge in [-0.25, -0.2) is 0 Å². The standard InChI is InChI=1S/C24H27NO4S/c1-2-9-22(17-27-15-20-12-7-4-8-13-20)28-18-23(26)25-21(16-29-24(25)30)14-19-10-5-3-6-11-19/h2-8,10-13,21-22H,1,9,14-18H2/t21-,22-/m1/s1. The van der Waals surface area contributed by atoms with Crippen LogP contribution in [0.4, 0.5) is 0 Å². The Morgan fingerprint density at radius 2 is 1.83 bits per heavy atom. The van der Waals surface area contributed by atoms with Crippen molar-refractivity contribution in [1.82, 2.24) is 4.90 Å². The van der Waals surface area contributed by atoms with Crippen molar-refractivity contribution in [2.75, 3.05) is 19.8 Å². The molecule has 1 aliphatic heterocycles. The van der Waals surface area contributed by atoms with E-state index in [0.29, 0.717) is 32.7 Å². The van der Waals surface area contributed by atoms with Gasteiger partial charge in [-0.05, 0) is 36.2 Å². The molecule has 0 saturated carbocycles. The molecule has 0 aliphatic carbocycles. The average Bonchev–Trinajstić information content (AvgIpc) is 3.13. The van der Waals surface area contributed by atoms with Crippen molar-refractivity contribution in [3.05, 3.63) is 84.4 Å². The molecule has 0 N–H and O–H groups in total. The lowest BCUT2D eigenvalue weighted by Gasteiger charge is -2.23. The van der Waals surface area contributed by atoms with Gasteiger partial charge in [0.25, 0.3) is 11.1 Å². The molecule has 0 unspecified atom stereocenters. The Labute approximate surface area is 183 Å². The van der Waals surface area contributed by atoms with E-state index in [4.69, 9.17) is 26.4 Å². The van der Waals surface area contributed by atoms with Gasteiger partial charge in [0.1, 0.15) is 13.2 Å². The molecule has 6 heteroatoms. The van der Waals surface area contributed by atoms with Crippen molar-refractivity contribution in [3.63, 3.8) is 0 Å². The van der Waals surface area contributed by atoms with Gasteiger partial charge in [0.2, 0.25) is 0 Å². The number of benzene rings is 2. The highest BCUT2D eigenvalue weighted by Crippen LogP contribution is 2.18. The normalized spacial score (nSPS) is 16.9. The Morgan fingerprint density at radius 1 is 1.17 bits per heavy atom. The number of nitrogens with zero attached hydrogens (tertiary/aromatic N) is 1. The fourth-order valence-electron chi connectivity index (χ4n) is 3.31. The molecule has 1 saturated heterocycles. The molecule has 1 aliphatic rings. The molecule has 5 nitrogen and oxygen atoms in total. The monoisotopic (exact) mass is 425 g/mol. The summed E-state index contributed by atoms with van der Waals surface area (Å²) in [6.45, 7) is 4.96. The van der Waals surface area contributed by atoms with E-state index in [9.17, 15) is 4.79 Å². The van der Waals surface area contributed by atoms with Gasteiger partial charge in [-0.2, -0.15) is 0 Å². The second-order valence-electron chi connectivity index (χ2n) is 7.14. The molecule has 0 spiro atoms. The molecular weight excluding hydrogens is 398 g/mol. The second kappa shape index (κ2) is 11.6. The summed E-state index contributed by atoms with van der Waals surface area (Å²) >= 11 is 5.25. The number of hydrogen-bond acceptors (Lipinski definition) is 5. The predicted molar refractivity (Wildman–Crippen MR) is 120 cm³/mol. The Hall–Kier alpha value is -2.54. The predicted octanol–water partition coefficient (Wildman–Crippen LogP) is 3.92. The van der Waals surface area contributed by atoms with Gasteiger partial charge < -0.3 is 14.2 Å². The quantitative estimate of drug-likeness (QED) is 0.403. The molecule has 3 rings (SSSR count). The maximum Gasteiger partial charge on any atom is 0.266 e. The molecule has 158 valence electrons. The maximum absolute atomic E-state index is 12.8. The van der Waals surface area contributed by atoms with Crippen LogP contribution in [0.1, 0.15) is 17.5 Å². The Balaban J connectivity index is 1.50. The summed E-state index contributed by atoms with van der Waals surface area (Å²) in [5.74, 6) is -0.199. The number of rotatable bonds is 11. The summed E-state index contributed by atoms with van der Waals surface area (Å²) in [5, 5.41) is 0.213. The molecule has 0 aromatic heterocycles. The number of carbonyl (C=O) groups excluding carboxylic acids is 1. The van der Waals surface area contributed by atoms with E-state index in [1.54, 1.807) is 6.08 Å². The fourth-order valence-corrected chi connectivity index (χ4v) is 3.63. The van der Waals surface area contributed by atoms with Crippen LogP contribution >= 0.6 is 12.2 Å². The van der Waals surface area contributed by atoms with Crippen molar-refractivity contribution < 1.29 is 19.0 Å². The first-order valence-corrected chi connectivity index (χ1v) is 10.4. The van der Waals surface area contributed by atoms with Crippen LogP contribution in [-0.2, 0) is 32.0 Å². The van der Waals surface area contributed by atoms with Crippen LogP contribution in [0.3, 0.4) is 0 Å². The summed E-state index contributed by atoms with van der Waals surface area (Å²) in [6, 6.07) is 19.8. The van der Waals surface area contributed by atoms with Crippen molar-refractivity contribution in [2.24, 2.45) is 0 Å².